The fourth-order valence-corrected chi connectivity index (χ4v) is 4.10. The van der Waals surface area contributed by atoms with Gasteiger partial charge in [0.1, 0.15) is 11.6 Å². The molecule has 172 valence electrons. The van der Waals surface area contributed by atoms with Gasteiger partial charge in [0.25, 0.3) is 17.4 Å². The van der Waals surface area contributed by atoms with Crippen LogP contribution in [-0.4, -0.2) is 70.9 Å². The van der Waals surface area contributed by atoms with Crippen molar-refractivity contribution < 1.29 is 28.7 Å². The molecular formula is C23H22FN3O6. The largest absolute Gasteiger partial charge is 0.507 e. The van der Waals surface area contributed by atoms with Gasteiger partial charge in [-0.2, -0.15) is 0 Å². The van der Waals surface area contributed by atoms with Crippen molar-refractivity contribution in [2.45, 2.75) is 6.04 Å². The van der Waals surface area contributed by atoms with Crippen LogP contribution in [0.1, 0.15) is 17.2 Å². The first-order chi connectivity index (χ1) is 15.9. The Morgan fingerprint density at radius 1 is 1.12 bits per heavy atom. The van der Waals surface area contributed by atoms with Crippen molar-refractivity contribution in [1.29, 1.82) is 0 Å². The quantitative estimate of drug-likeness (QED) is 0.234. The number of rotatable bonds is 6. The zero-order valence-corrected chi connectivity index (χ0v) is 17.6. The number of Topliss-reactive ketones (excluding diaryl/α,β-unsaturated/α-hetero) is 1. The first-order valence-corrected chi connectivity index (χ1v) is 10.5. The first kappa shape index (κ1) is 22.6. The number of likely N-dealkylation sites (tertiary alicyclic amines) is 1. The molecule has 9 nitrogen and oxygen atoms in total. The Kier molecular flexibility index (Phi) is 6.47. The van der Waals surface area contributed by atoms with Crippen LogP contribution in [0.5, 0.6) is 0 Å². The molecule has 0 aromatic heterocycles. The molecule has 1 unspecified atom stereocenters. The molecule has 2 fully saturated rings. The van der Waals surface area contributed by atoms with Gasteiger partial charge in [-0.3, -0.25) is 24.6 Å². The molecule has 2 aliphatic heterocycles. The second-order valence-corrected chi connectivity index (χ2v) is 7.81. The van der Waals surface area contributed by atoms with Gasteiger partial charge in [-0.25, -0.2) is 4.39 Å². The maximum atomic E-state index is 13.4. The second-order valence-electron chi connectivity index (χ2n) is 7.81. The van der Waals surface area contributed by atoms with E-state index in [1.54, 1.807) is 6.07 Å². The van der Waals surface area contributed by atoms with E-state index in [0.29, 0.717) is 38.4 Å². The number of non-ortho nitro benzene ring substituents is 1. The number of hydrogen-bond donors (Lipinski definition) is 1. The van der Waals surface area contributed by atoms with E-state index in [0.717, 1.165) is 12.1 Å². The highest BCUT2D eigenvalue weighted by Crippen LogP contribution is 2.40. The number of nitro groups is 1. The van der Waals surface area contributed by atoms with E-state index in [-0.39, 0.29) is 23.4 Å². The average Bonchev–Trinajstić information content (AvgIpc) is 3.08. The third-order valence-electron chi connectivity index (χ3n) is 5.82. The molecule has 10 heteroatoms. The number of nitro benzene ring substituents is 1. The van der Waals surface area contributed by atoms with Crippen LogP contribution in [0.4, 0.5) is 10.1 Å². The molecule has 1 amide bonds. The number of ether oxygens (including phenoxy) is 1. The molecule has 0 radical (unpaired) electrons. The van der Waals surface area contributed by atoms with E-state index in [9.17, 15) is 29.2 Å². The molecule has 2 aromatic rings. The maximum absolute atomic E-state index is 13.4. The Balaban J connectivity index is 1.77. The molecule has 0 spiro atoms. The molecule has 0 aliphatic carbocycles. The van der Waals surface area contributed by atoms with E-state index in [2.05, 4.69) is 4.90 Å². The summed E-state index contributed by atoms with van der Waals surface area (Å²) in [5.41, 5.74) is 0.106. The lowest BCUT2D eigenvalue weighted by molar-refractivity contribution is -0.384. The number of hydrogen-bond acceptors (Lipinski definition) is 7. The van der Waals surface area contributed by atoms with E-state index in [1.807, 2.05) is 0 Å². The summed E-state index contributed by atoms with van der Waals surface area (Å²) in [6, 6.07) is 9.48. The lowest BCUT2D eigenvalue weighted by Gasteiger charge is -2.31. The van der Waals surface area contributed by atoms with Crippen molar-refractivity contribution in [3.63, 3.8) is 0 Å². The highest BCUT2D eigenvalue weighted by molar-refractivity contribution is 6.46. The summed E-state index contributed by atoms with van der Waals surface area (Å²) in [5.74, 6) is -2.68. The number of amides is 1. The number of ketones is 1. The lowest BCUT2D eigenvalue weighted by Crippen LogP contribution is -2.42. The normalized spacial score (nSPS) is 20.9. The van der Waals surface area contributed by atoms with E-state index >= 15 is 0 Å². The Morgan fingerprint density at radius 3 is 2.48 bits per heavy atom. The lowest BCUT2D eigenvalue weighted by atomic mass is 9.95. The van der Waals surface area contributed by atoms with Gasteiger partial charge >= 0.3 is 0 Å². The van der Waals surface area contributed by atoms with E-state index in [4.69, 9.17) is 4.74 Å². The minimum Gasteiger partial charge on any atom is -0.507 e. The van der Waals surface area contributed by atoms with Crippen LogP contribution in [-0.2, 0) is 14.3 Å². The van der Waals surface area contributed by atoms with Gasteiger partial charge < -0.3 is 14.7 Å². The summed E-state index contributed by atoms with van der Waals surface area (Å²) in [4.78, 5) is 40.1. The zero-order valence-electron chi connectivity index (χ0n) is 17.6. The molecule has 2 aromatic carbocycles. The van der Waals surface area contributed by atoms with Gasteiger partial charge in [0.15, 0.2) is 0 Å². The summed E-state index contributed by atoms with van der Waals surface area (Å²) in [5, 5.41) is 22.3. The van der Waals surface area contributed by atoms with Crippen LogP contribution in [0.25, 0.3) is 5.76 Å². The van der Waals surface area contributed by atoms with Crippen molar-refractivity contribution in [1.82, 2.24) is 9.80 Å². The van der Waals surface area contributed by atoms with E-state index < -0.39 is 34.2 Å². The molecule has 0 bridgehead atoms. The minimum absolute atomic E-state index is 0.165. The van der Waals surface area contributed by atoms with Crippen LogP contribution in [0.3, 0.4) is 0 Å². The fourth-order valence-electron chi connectivity index (χ4n) is 4.10. The van der Waals surface area contributed by atoms with Crippen molar-refractivity contribution >= 4 is 23.1 Å². The van der Waals surface area contributed by atoms with Crippen LogP contribution in [0, 0.1) is 15.9 Å². The summed E-state index contributed by atoms with van der Waals surface area (Å²) >= 11 is 0. The van der Waals surface area contributed by atoms with Crippen LogP contribution < -0.4 is 0 Å². The smallest absolute Gasteiger partial charge is 0.295 e. The number of carbonyl (C=O) groups excluding carboxylic acids is 2. The SMILES string of the molecule is O=C1C(=O)N(CCN2CCOCC2)C(c2cccc([N+](=O)[O-])c2)/C1=C(/O)c1ccc(F)cc1. The molecule has 2 saturated heterocycles. The Hall–Kier alpha value is -3.63. The molecule has 1 N–H and O–H groups in total. The number of carbonyl (C=O) groups is 2. The molecule has 2 heterocycles. The standard InChI is InChI=1S/C23H22FN3O6/c24-17-6-4-15(5-7-17)21(28)19-20(16-2-1-3-18(14-16)27(31)32)26(23(30)22(19)29)9-8-25-10-12-33-13-11-25/h1-7,14,20,28H,8-13H2/b21-19-. The topological polar surface area (TPSA) is 113 Å². The van der Waals surface area contributed by atoms with Crippen molar-refractivity contribution in [3.05, 3.63) is 81.2 Å². The van der Waals surface area contributed by atoms with Crippen LogP contribution >= 0.6 is 0 Å². The summed E-state index contributed by atoms with van der Waals surface area (Å²) in [6.45, 7) is 3.15. The number of morpholine rings is 1. The first-order valence-electron chi connectivity index (χ1n) is 10.5. The Bertz CT molecular complexity index is 1110. The van der Waals surface area contributed by atoms with Crippen LogP contribution in [0.15, 0.2) is 54.1 Å². The average molecular weight is 455 g/mol. The number of aliphatic hydroxyl groups is 1. The number of benzene rings is 2. The Labute approximate surface area is 188 Å². The third kappa shape index (κ3) is 4.62. The highest BCUT2D eigenvalue weighted by Gasteiger charge is 2.46. The number of nitrogens with zero attached hydrogens (tertiary/aromatic N) is 3. The van der Waals surface area contributed by atoms with Crippen molar-refractivity contribution in [3.8, 4) is 0 Å². The highest BCUT2D eigenvalue weighted by atomic mass is 19.1. The summed E-state index contributed by atoms with van der Waals surface area (Å²) in [7, 11) is 0. The number of halogens is 1. The summed E-state index contributed by atoms with van der Waals surface area (Å²) < 4.78 is 18.7. The molecule has 1 atom stereocenters. The monoisotopic (exact) mass is 455 g/mol. The third-order valence-corrected chi connectivity index (χ3v) is 5.82. The van der Waals surface area contributed by atoms with Gasteiger partial charge in [0, 0.05) is 43.9 Å². The van der Waals surface area contributed by atoms with Crippen molar-refractivity contribution in [2.75, 3.05) is 39.4 Å². The van der Waals surface area contributed by atoms with Gasteiger partial charge in [0.2, 0.25) is 0 Å². The molecule has 4 rings (SSSR count). The van der Waals surface area contributed by atoms with Gasteiger partial charge in [-0.15, -0.1) is 0 Å². The van der Waals surface area contributed by atoms with E-state index in [1.165, 1.54) is 35.2 Å². The second kappa shape index (κ2) is 9.47. The van der Waals surface area contributed by atoms with Gasteiger partial charge in [-0.1, -0.05) is 12.1 Å². The predicted molar refractivity (Wildman–Crippen MR) is 116 cm³/mol. The summed E-state index contributed by atoms with van der Waals surface area (Å²) in [6.07, 6.45) is 0. The van der Waals surface area contributed by atoms with Crippen molar-refractivity contribution in [2.24, 2.45) is 0 Å². The molecule has 0 saturated carbocycles. The Morgan fingerprint density at radius 2 is 1.82 bits per heavy atom. The van der Waals surface area contributed by atoms with Gasteiger partial charge in [-0.05, 0) is 29.8 Å². The molecule has 33 heavy (non-hydrogen) atoms. The van der Waals surface area contributed by atoms with Crippen LogP contribution in [0.2, 0.25) is 0 Å². The molecular weight excluding hydrogens is 433 g/mol. The fraction of sp³-hybridized carbons (Fsp3) is 0.304. The predicted octanol–water partition coefficient (Wildman–Crippen LogP) is 2.49. The van der Waals surface area contributed by atoms with Gasteiger partial charge in [0.05, 0.1) is 29.8 Å². The molecule has 2 aliphatic rings. The maximum Gasteiger partial charge on any atom is 0.295 e. The zero-order chi connectivity index (χ0) is 23.5. The number of aliphatic hydroxyl groups excluding tert-OH is 1. The minimum atomic E-state index is -1.02.